The fourth-order valence-electron chi connectivity index (χ4n) is 2.08. The SMILES string of the molecule is Cc1ccc(C(C)NC(=O)C(NC(=O)C2CC2)C(C)O)o1. The van der Waals surface area contributed by atoms with Crippen LogP contribution in [0.2, 0.25) is 0 Å². The summed E-state index contributed by atoms with van der Waals surface area (Å²) in [5, 5.41) is 15.1. The van der Waals surface area contributed by atoms with Crippen molar-refractivity contribution in [1.82, 2.24) is 10.6 Å². The van der Waals surface area contributed by atoms with E-state index in [4.69, 9.17) is 4.42 Å². The van der Waals surface area contributed by atoms with E-state index in [1.165, 1.54) is 6.92 Å². The number of hydrogen-bond acceptors (Lipinski definition) is 4. The molecule has 6 nitrogen and oxygen atoms in total. The van der Waals surface area contributed by atoms with Gasteiger partial charge in [-0.3, -0.25) is 9.59 Å². The molecule has 1 fully saturated rings. The summed E-state index contributed by atoms with van der Waals surface area (Å²) in [5.41, 5.74) is 0. The van der Waals surface area contributed by atoms with Crippen LogP contribution in [0.25, 0.3) is 0 Å². The van der Waals surface area contributed by atoms with Gasteiger partial charge in [0.15, 0.2) is 0 Å². The van der Waals surface area contributed by atoms with Gasteiger partial charge in [0, 0.05) is 5.92 Å². The Kier molecular flexibility index (Phi) is 4.67. The predicted octanol–water partition coefficient (Wildman–Crippen LogP) is 1.04. The Morgan fingerprint density at radius 1 is 1.29 bits per heavy atom. The van der Waals surface area contributed by atoms with Crippen molar-refractivity contribution in [3.8, 4) is 0 Å². The molecule has 0 radical (unpaired) electrons. The van der Waals surface area contributed by atoms with Gasteiger partial charge in [-0.05, 0) is 45.7 Å². The summed E-state index contributed by atoms with van der Waals surface area (Å²) < 4.78 is 5.45. The lowest BCUT2D eigenvalue weighted by molar-refractivity contribution is -0.132. The molecule has 1 heterocycles. The minimum atomic E-state index is -0.960. The van der Waals surface area contributed by atoms with Crippen LogP contribution in [0.5, 0.6) is 0 Å². The molecule has 6 heteroatoms. The molecular weight excluding hydrogens is 272 g/mol. The summed E-state index contributed by atoms with van der Waals surface area (Å²) in [6.45, 7) is 5.10. The van der Waals surface area contributed by atoms with Crippen molar-refractivity contribution in [2.75, 3.05) is 0 Å². The maximum absolute atomic E-state index is 12.2. The lowest BCUT2D eigenvalue weighted by Gasteiger charge is -2.22. The van der Waals surface area contributed by atoms with Crippen molar-refractivity contribution in [1.29, 1.82) is 0 Å². The zero-order valence-corrected chi connectivity index (χ0v) is 12.6. The maximum Gasteiger partial charge on any atom is 0.245 e. The first-order valence-corrected chi connectivity index (χ1v) is 7.23. The highest BCUT2D eigenvalue weighted by atomic mass is 16.3. The molecule has 3 N–H and O–H groups in total. The van der Waals surface area contributed by atoms with Crippen molar-refractivity contribution in [2.24, 2.45) is 5.92 Å². The van der Waals surface area contributed by atoms with Crippen molar-refractivity contribution in [3.05, 3.63) is 23.7 Å². The lowest BCUT2D eigenvalue weighted by atomic mass is 10.1. The number of furan rings is 1. The van der Waals surface area contributed by atoms with Crippen molar-refractivity contribution in [3.63, 3.8) is 0 Å². The molecule has 3 unspecified atom stereocenters. The summed E-state index contributed by atoms with van der Waals surface area (Å²) in [5.74, 6) is 0.807. The lowest BCUT2D eigenvalue weighted by Crippen LogP contribution is -2.53. The van der Waals surface area contributed by atoms with Gasteiger partial charge in [0.1, 0.15) is 17.6 Å². The van der Waals surface area contributed by atoms with Gasteiger partial charge in [0.05, 0.1) is 12.1 Å². The second-order valence-corrected chi connectivity index (χ2v) is 5.68. The van der Waals surface area contributed by atoms with Gasteiger partial charge >= 0.3 is 0 Å². The van der Waals surface area contributed by atoms with E-state index in [2.05, 4.69) is 10.6 Å². The second-order valence-electron chi connectivity index (χ2n) is 5.68. The third kappa shape index (κ3) is 4.07. The molecule has 1 aromatic rings. The molecule has 0 aliphatic heterocycles. The number of amides is 2. The number of nitrogens with one attached hydrogen (secondary N) is 2. The average molecular weight is 294 g/mol. The van der Waals surface area contributed by atoms with E-state index in [1.807, 2.05) is 13.0 Å². The predicted molar refractivity (Wildman–Crippen MR) is 76.3 cm³/mol. The maximum atomic E-state index is 12.2. The van der Waals surface area contributed by atoms with E-state index in [0.29, 0.717) is 5.76 Å². The quantitative estimate of drug-likeness (QED) is 0.731. The van der Waals surface area contributed by atoms with Crippen LogP contribution in [0.15, 0.2) is 16.5 Å². The first kappa shape index (κ1) is 15.6. The molecule has 0 saturated heterocycles. The number of aliphatic hydroxyl groups is 1. The van der Waals surface area contributed by atoms with Gasteiger partial charge in [-0.1, -0.05) is 0 Å². The van der Waals surface area contributed by atoms with Gasteiger partial charge < -0.3 is 20.2 Å². The van der Waals surface area contributed by atoms with Crippen molar-refractivity contribution >= 4 is 11.8 Å². The first-order chi connectivity index (χ1) is 9.88. The van der Waals surface area contributed by atoms with Gasteiger partial charge in [0.2, 0.25) is 11.8 Å². The molecular formula is C15H22N2O4. The van der Waals surface area contributed by atoms with Crippen LogP contribution >= 0.6 is 0 Å². The number of carbonyl (C=O) groups excluding carboxylic acids is 2. The fourth-order valence-corrected chi connectivity index (χ4v) is 2.08. The summed E-state index contributed by atoms with van der Waals surface area (Å²) in [6.07, 6.45) is 0.739. The molecule has 1 saturated carbocycles. The van der Waals surface area contributed by atoms with Gasteiger partial charge in [0.25, 0.3) is 0 Å². The summed E-state index contributed by atoms with van der Waals surface area (Å²) >= 11 is 0. The molecule has 116 valence electrons. The van der Waals surface area contributed by atoms with Crippen LogP contribution in [0.4, 0.5) is 0 Å². The van der Waals surface area contributed by atoms with E-state index in [1.54, 1.807) is 13.0 Å². The molecule has 0 spiro atoms. The number of hydrogen-bond donors (Lipinski definition) is 3. The van der Waals surface area contributed by atoms with E-state index in [9.17, 15) is 14.7 Å². The van der Waals surface area contributed by atoms with E-state index in [0.717, 1.165) is 18.6 Å². The number of aliphatic hydroxyl groups excluding tert-OH is 1. The Balaban J connectivity index is 1.95. The Hall–Kier alpha value is -1.82. The van der Waals surface area contributed by atoms with Crippen molar-refractivity contribution < 1.29 is 19.1 Å². The second kappa shape index (κ2) is 6.30. The minimum absolute atomic E-state index is 0.0100. The Morgan fingerprint density at radius 3 is 2.43 bits per heavy atom. The molecule has 1 aliphatic carbocycles. The van der Waals surface area contributed by atoms with Crippen molar-refractivity contribution in [2.45, 2.75) is 51.8 Å². The number of aryl methyl sites for hydroxylation is 1. The standard InChI is InChI=1S/C15H22N2O4/c1-8-4-7-12(21-8)9(2)16-15(20)13(10(3)18)17-14(19)11-5-6-11/h4,7,9-11,13,18H,5-6H2,1-3H3,(H,16,20)(H,17,19). The highest BCUT2D eigenvalue weighted by Crippen LogP contribution is 2.29. The highest BCUT2D eigenvalue weighted by molar-refractivity contribution is 5.89. The molecule has 0 aromatic carbocycles. The molecule has 3 atom stereocenters. The molecule has 21 heavy (non-hydrogen) atoms. The Morgan fingerprint density at radius 2 is 1.95 bits per heavy atom. The summed E-state index contributed by atoms with van der Waals surface area (Å²) in [4.78, 5) is 24.0. The molecule has 1 aliphatic rings. The molecule has 0 bridgehead atoms. The smallest absolute Gasteiger partial charge is 0.245 e. The summed E-state index contributed by atoms with van der Waals surface area (Å²) in [6, 6.07) is 2.33. The number of carbonyl (C=O) groups is 2. The first-order valence-electron chi connectivity index (χ1n) is 7.23. The van der Waals surface area contributed by atoms with Crippen LogP contribution in [0, 0.1) is 12.8 Å². The van der Waals surface area contributed by atoms with Crippen LogP contribution in [-0.4, -0.2) is 29.1 Å². The van der Waals surface area contributed by atoms with Crippen LogP contribution in [-0.2, 0) is 9.59 Å². The zero-order valence-electron chi connectivity index (χ0n) is 12.6. The van der Waals surface area contributed by atoms with Crippen LogP contribution in [0.3, 0.4) is 0 Å². The fraction of sp³-hybridized carbons (Fsp3) is 0.600. The molecule has 1 aromatic heterocycles. The summed E-state index contributed by atoms with van der Waals surface area (Å²) in [7, 11) is 0. The average Bonchev–Trinajstić information content (AvgIpc) is 3.17. The third-order valence-electron chi connectivity index (χ3n) is 3.56. The normalized spacial score (nSPS) is 18.7. The third-order valence-corrected chi connectivity index (χ3v) is 3.56. The molecule has 2 rings (SSSR count). The Bertz CT molecular complexity index is 519. The minimum Gasteiger partial charge on any atom is -0.464 e. The van der Waals surface area contributed by atoms with E-state index in [-0.39, 0.29) is 17.9 Å². The zero-order chi connectivity index (χ0) is 15.6. The molecule has 2 amide bonds. The van der Waals surface area contributed by atoms with Gasteiger partial charge in [-0.15, -0.1) is 0 Å². The Labute approximate surface area is 123 Å². The monoisotopic (exact) mass is 294 g/mol. The topological polar surface area (TPSA) is 91.6 Å². The van der Waals surface area contributed by atoms with E-state index < -0.39 is 18.1 Å². The van der Waals surface area contributed by atoms with Crippen LogP contribution in [0.1, 0.15) is 44.3 Å². The largest absolute Gasteiger partial charge is 0.464 e. The highest BCUT2D eigenvalue weighted by Gasteiger charge is 2.34. The van der Waals surface area contributed by atoms with Crippen LogP contribution < -0.4 is 10.6 Å². The van der Waals surface area contributed by atoms with Gasteiger partial charge in [-0.2, -0.15) is 0 Å². The number of rotatable bonds is 6. The van der Waals surface area contributed by atoms with Gasteiger partial charge in [-0.25, -0.2) is 0 Å². The van der Waals surface area contributed by atoms with E-state index >= 15 is 0 Å².